The number of hydrogen-bond acceptors (Lipinski definition) is 4. The Bertz CT molecular complexity index is 413. The molecule has 2 unspecified atom stereocenters. The fourth-order valence-corrected chi connectivity index (χ4v) is 4.02. The third-order valence-electron chi connectivity index (χ3n) is 3.76. The summed E-state index contributed by atoms with van der Waals surface area (Å²) in [6, 6.07) is 8.80. The summed E-state index contributed by atoms with van der Waals surface area (Å²) in [7, 11) is 0. The molecule has 2 N–H and O–H groups in total. The number of morpholine rings is 1. The standard InChI is InChI=1S/C14H20N2OS/c15-7-12-9-16(5-6-17-12)8-11-10-18-14-4-2-1-3-13(11)14/h1-4,11-12H,5-10,15H2. The normalized spacial score (nSPS) is 28.3. The van der Waals surface area contributed by atoms with Crippen molar-refractivity contribution in [1.82, 2.24) is 4.90 Å². The minimum absolute atomic E-state index is 0.225. The molecule has 18 heavy (non-hydrogen) atoms. The van der Waals surface area contributed by atoms with Gasteiger partial charge in [0.15, 0.2) is 0 Å². The molecule has 1 aromatic carbocycles. The van der Waals surface area contributed by atoms with Crippen molar-refractivity contribution in [3.8, 4) is 0 Å². The van der Waals surface area contributed by atoms with Crippen molar-refractivity contribution in [2.24, 2.45) is 5.73 Å². The Morgan fingerprint density at radius 2 is 2.28 bits per heavy atom. The van der Waals surface area contributed by atoms with Crippen LogP contribution in [0.2, 0.25) is 0 Å². The first-order valence-corrected chi connectivity index (χ1v) is 7.61. The molecule has 1 saturated heterocycles. The molecule has 0 spiro atoms. The second-order valence-electron chi connectivity index (χ2n) is 5.03. The van der Waals surface area contributed by atoms with Crippen LogP contribution in [0.4, 0.5) is 0 Å². The molecule has 0 saturated carbocycles. The summed E-state index contributed by atoms with van der Waals surface area (Å²) in [6.07, 6.45) is 0.225. The molecule has 3 rings (SSSR count). The van der Waals surface area contributed by atoms with E-state index in [0.717, 1.165) is 26.2 Å². The molecular weight excluding hydrogens is 244 g/mol. The Labute approximate surface area is 113 Å². The number of nitrogens with zero attached hydrogens (tertiary/aromatic N) is 1. The Balaban J connectivity index is 1.64. The van der Waals surface area contributed by atoms with Gasteiger partial charge in [-0.25, -0.2) is 0 Å². The molecule has 1 aromatic rings. The summed E-state index contributed by atoms with van der Waals surface area (Å²) >= 11 is 1.99. The Morgan fingerprint density at radius 3 is 3.17 bits per heavy atom. The van der Waals surface area contributed by atoms with E-state index in [0.29, 0.717) is 12.5 Å². The van der Waals surface area contributed by atoms with Gasteiger partial charge in [-0.3, -0.25) is 4.90 Å². The lowest BCUT2D eigenvalue weighted by Gasteiger charge is -2.33. The summed E-state index contributed by atoms with van der Waals surface area (Å²) in [5, 5.41) is 0. The van der Waals surface area contributed by atoms with Crippen LogP contribution >= 0.6 is 11.8 Å². The zero-order valence-corrected chi connectivity index (χ0v) is 11.4. The zero-order valence-electron chi connectivity index (χ0n) is 10.5. The summed E-state index contributed by atoms with van der Waals surface area (Å²) in [6.45, 7) is 4.62. The van der Waals surface area contributed by atoms with Gasteiger partial charge in [0.05, 0.1) is 12.7 Å². The van der Waals surface area contributed by atoms with E-state index in [1.54, 1.807) is 0 Å². The number of nitrogens with two attached hydrogens (primary N) is 1. The summed E-state index contributed by atoms with van der Waals surface area (Å²) in [5.41, 5.74) is 7.22. The van der Waals surface area contributed by atoms with Crippen LogP contribution in [0.1, 0.15) is 11.5 Å². The van der Waals surface area contributed by atoms with Crippen LogP contribution in [0.15, 0.2) is 29.2 Å². The molecule has 2 aliphatic rings. The van der Waals surface area contributed by atoms with Crippen molar-refractivity contribution in [2.45, 2.75) is 16.9 Å². The van der Waals surface area contributed by atoms with Gasteiger partial charge in [-0.05, 0) is 11.6 Å². The minimum Gasteiger partial charge on any atom is -0.374 e. The number of thioether (sulfide) groups is 1. The third-order valence-corrected chi connectivity index (χ3v) is 5.02. The lowest BCUT2D eigenvalue weighted by molar-refractivity contribution is -0.0243. The van der Waals surface area contributed by atoms with Gasteiger partial charge < -0.3 is 10.5 Å². The van der Waals surface area contributed by atoms with Gasteiger partial charge in [0.1, 0.15) is 0 Å². The summed E-state index contributed by atoms with van der Waals surface area (Å²) in [4.78, 5) is 3.97. The van der Waals surface area contributed by atoms with Crippen LogP contribution in [0.25, 0.3) is 0 Å². The molecule has 0 radical (unpaired) electrons. The van der Waals surface area contributed by atoms with E-state index in [4.69, 9.17) is 10.5 Å². The highest BCUT2D eigenvalue weighted by Gasteiger charge is 2.27. The quantitative estimate of drug-likeness (QED) is 0.899. The maximum atomic E-state index is 5.69. The summed E-state index contributed by atoms with van der Waals surface area (Å²) in [5.74, 6) is 1.88. The van der Waals surface area contributed by atoms with Crippen LogP contribution in [0.3, 0.4) is 0 Å². The first-order valence-electron chi connectivity index (χ1n) is 6.62. The molecule has 0 aromatic heterocycles. The molecule has 2 atom stereocenters. The molecule has 2 aliphatic heterocycles. The van der Waals surface area contributed by atoms with E-state index >= 15 is 0 Å². The predicted molar refractivity (Wildman–Crippen MR) is 75.1 cm³/mol. The first kappa shape index (κ1) is 12.5. The largest absolute Gasteiger partial charge is 0.374 e. The number of rotatable bonds is 3. The number of fused-ring (bicyclic) bond motifs is 1. The van der Waals surface area contributed by atoms with Gasteiger partial charge in [0, 0.05) is 42.7 Å². The predicted octanol–water partition coefficient (Wildman–Crippen LogP) is 1.54. The van der Waals surface area contributed by atoms with Gasteiger partial charge in [-0.15, -0.1) is 11.8 Å². The number of hydrogen-bond donors (Lipinski definition) is 1. The molecule has 0 amide bonds. The van der Waals surface area contributed by atoms with E-state index in [1.165, 1.54) is 16.2 Å². The molecular formula is C14H20N2OS. The minimum atomic E-state index is 0.225. The van der Waals surface area contributed by atoms with Crippen LogP contribution < -0.4 is 5.73 Å². The van der Waals surface area contributed by atoms with E-state index in [1.807, 2.05) is 11.8 Å². The fourth-order valence-electron chi connectivity index (χ4n) is 2.78. The van der Waals surface area contributed by atoms with Crippen LogP contribution in [0.5, 0.6) is 0 Å². The number of ether oxygens (including phenoxy) is 1. The van der Waals surface area contributed by atoms with E-state index in [-0.39, 0.29) is 6.10 Å². The van der Waals surface area contributed by atoms with E-state index < -0.39 is 0 Å². The van der Waals surface area contributed by atoms with Gasteiger partial charge in [-0.1, -0.05) is 18.2 Å². The maximum Gasteiger partial charge on any atom is 0.0824 e. The topological polar surface area (TPSA) is 38.5 Å². The fraction of sp³-hybridized carbons (Fsp3) is 0.571. The van der Waals surface area contributed by atoms with Gasteiger partial charge >= 0.3 is 0 Å². The Kier molecular flexibility index (Phi) is 3.89. The van der Waals surface area contributed by atoms with Crippen molar-refractivity contribution in [2.75, 3.05) is 38.5 Å². The number of benzene rings is 1. The van der Waals surface area contributed by atoms with Crippen molar-refractivity contribution < 1.29 is 4.74 Å². The molecule has 4 heteroatoms. The molecule has 3 nitrogen and oxygen atoms in total. The monoisotopic (exact) mass is 264 g/mol. The molecule has 0 bridgehead atoms. The van der Waals surface area contributed by atoms with Crippen molar-refractivity contribution in [3.05, 3.63) is 29.8 Å². The van der Waals surface area contributed by atoms with Crippen LogP contribution in [-0.2, 0) is 4.74 Å². The Morgan fingerprint density at radius 1 is 1.39 bits per heavy atom. The smallest absolute Gasteiger partial charge is 0.0824 e. The van der Waals surface area contributed by atoms with Gasteiger partial charge in [0.25, 0.3) is 0 Å². The van der Waals surface area contributed by atoms with E-state index in [9.17, 15) is 0 Å². The van der Waals surface area contributed by atoms with Gasteiger partial charge in [-0.2, -0.15) is 0 Å². The van der Waals surface area contributed by atoms with Gasteiger partial charge in [0.2, 0.25) is 0 Å². The molecule has 1 fully saturated rings. The second kappa shape index (κ2) is 5.61. The van der Waals surface area contributed by atoms with Crippen molar-refractivity contribution in [3.63, 3.8) is 0 Å². The van der Waals surface area contributed by atoms with Crippen molar-refractivity contribution >= 4 is 11.8 Å². The third kappa shape index (κ3) is 2.57. The van der Waals surface area contributed by atoms with Crippen LogP contribution in [-0.4, -0.2) is 49.5 Å². The molecule has 98 valence electrons. The second-order valence-corrected chi connectivity index (χ2v) is 6.10. The highest BCUT2D eigenvalue weighted by molar-refractivity contribution is 7.99. The maximum absolute atomic E-state index is 5.69. The average molecular weight is 264 g/mol. The summed E-state index contributed by atoms with van der Waals surface area (Å²) < 4.78 is 5.62. The lowest BCUT2D eigenvalue weighted by atomic mass is 10.0. The average Bonchev–Trinajstić information content (AvgIpc) is 2.83. The first-order chi connectivity index (χ1) is 8.86. The Hall–Kier alpha value is -0.550. The van der Waals surface area contributed by atoms with Crippen LogP contribution in [0, 0.1) is 0 Å². The van der Waals surface area contributed by atoms with Crippen molar-refractivity contribution in [1.29, 1.82) is 0 Å². The SMILES string of the molecule is NCC1CN(CC2CSc3ccccc32)CCO1. The molecule has 2 heterocycles. The zero-order chi connectivity index (χ0) is 12.4. The molecule has 0 aliphatic carbocycles. The highest BCUT2D eigenvalue weighted by Crippen LogP contribution is 2.39. The highest BCUT2D eigenvalue weighted by atomic mass is 32.2. The lowest BCUT2D eigenvalue weighted by Crippen LogP contribution is -2.46. The van der Waals surface area contributed by atoms with E-state index in [2.05, 4.69) is 29.2 Å².